The van der Waals surface area contributed by atoms with Crippen molar-refractivity contribution in [1.29, 1.82) is 5.26 Å². The summed E-state index contributed by atoms with van der Waals surface area (Å²) in [7, 11) is 1.67. The monoisotopic (exact) mass is 412 g/mol. The van der Waals surface area contributed by atoms with Gasteiger partial charge < -0.3 is 20.7 Å². The van der Waals surface area contributed by atoms with Gasteiger partial charge in [0.1, 0.15) is 17.4 Å². The number of allylic oxidation sites excluding steroid dienone is 2. The number of hydrogen-bond donors (Lipinski definition) is 3. The summed E-state index contributed by atoms with van der Waals surface area (Å²) >= 11 is 4.45. The minimum atomic E-state index is 0.400. The number of benzene rings is 1. The van der Waals surface area contributed by atoms with Crippen LogP contribution < -0.4 is 15.8 Å². The van der Waals surface area contributed by atoms with Crippen molar-refractivity contribution in [2.24, 2.45) is 5.73 Å². The molecule has 0 bridgehead atoms. The average Bonchev–Trinajstić information content (AvgIpc) is 2.77. The molecule has 2 rings (SSSR count). The third-order valence-electron chi connectivity index (χ3n) is 4.78. The molecule has 0 spiro atoms. The van der Waals surface area contributed by atoms with Gasteiger partial charge in [-0.2, -0.15) is 5.26 Å². The Morgan fingerprint density at radius 3 is 2.66 bits per heavy atom. The normalized spacial score (nSPS) is 15.3. The second-order valence-electron chi connectivity index (χ2n) is 6.67. The second-order valence-corrected chi connectivity index (χ2v) is 7.12. The van der Waals surface area contributed by atoms with E-state index in [1.807, 2.05) is 30.3 Å². The van der Waals surface area contributed by atoms with Crippen molar-refractivity contribution in [3.8, 4) is 24.7 Å². The Morgan fingerprint density at radius 2 is 2.00 bits per heavy atom. The molecule has 29 heavy (non-hydrogen) atoms. The lowest BCUT2D eigenvalue weighted by Crippen LogP contribution is -2.35. The topological polar surface area (TPSA) is 74.3 Å². The third-order valence-corrected chi connectivity index (χ3v) is 5.16. The minimum Gasteiger partial charge on any atom is -0.496 e. The molecule has 0 aliphatic carbocycles. The number of para-hydroxylation sites is 1. The predicted molar refractivity (Wildman–Crippen MR) is 123 cm³/mol. The molecule has 0 atom stereocenters. The quantitative estimate of drug-likeness (QED) is 0.251. The van der Waals surface area contributed by atoms with Gasteiger partial charge in [0.25, 0.3) is 0 Å². The Bertz CT molecular complexity index is 743. The van der Waals surface area contributed by atoms with Crippen molar-refractivity contribution in [3.05, 3.63) is 52.2 Å². The van der Waals surface area contributed by atoms with Crippen molar-refractivity contribution in [3.63, 3.8) is 0 Å². The lowest BCUT2D eigenvalue weighted by atomic mass is 10.1. The van der Waals surface area contributed by atoms with Crippen LogP contribution in [-0.2, 0) is 6.42 Å². The van der Waals surface area contributed by atoms with Gasteiger partial charge in [-0.05, 0) is 50.4 Å². The molecule has 0 amide bonds. The van der Waals surface area contributed by atoms with Gasteiger partial charge in [0, 0.05) is 18.8 Å². The molecule has 0 radical (unpaired) electrons. The number of terminal acetylenes is 1. The number of nitrogens with one attached hydrogen (secondary N) is 1. The smallest absolute Gasteiger partial charge is 0.122 e. The molecule has 5 nitrogen and oxygen atoms in total. The van der Waals surface area contributed by atoms with E-state index >= 15 is 0 Å². The molecule has 1 aromatic carbocycles. The van der Waals surface area contributed by atoms with Crippen molar-refractivity contribution in [2.45, 2.75) is 32.1 Å². The Balaban J connectivity index is 0.00000204. The molecule has 1 aliphatic rings. The minimum absolute atomic E-state index is 0.400. The largest absolute Gasteiger partial charge is 0.496 e. The summed E-state index contributed by atoms with van der Waals surface area (Å²) in [6, 6.07) is 10.1. The molecule has 3 N–H and O–H groups in total. The highest BCUT2D eigenvalue weighted by Crippen LogP contribution is 2.20. The molecule has 1 aliphatic heterocycles. The Labute approximate surface area is 181 Å². The number of ether oxygens (including phenoxy) is 1. The number of rotatable bonds is 9. The van der Waals surface area contributed by atoms with E-state index in [1.165, 1.54) is 19.3 Å². The van der Waals surface area contributed by atoms with Crippen LogP contribution in [0.3, 0.4) is 0 Å². The summed E-state index contributed by atoms with van der Waals surface area (Å²) in [6.45, 7) is 4.03. The SMILES string of the molecule is C#C.COc1ccccc1CC/C=C(N)/C(C#N)=C(\S)NCCN1CCCCC1. The molecular formula is C23H32N4OS. The molecular weight excluding hydrogens is 380 g/mol. The van der Waals surface area contributed by atoms with E-state index in [0.29, 0.717) is 16.3 Å². The van der Waals surface area contributed by atoms with Gasteiger partial charge in [0.2, 0.25) is 0 Å². The zero-order valence-electron chi connectivity index (χ0n) is 17.2. The van der Waals surface area contributed by atoms with Crippen LogP contribution in [0, 0.1) is 24.2 Å². The van der Waals surface area contributed by atoms with Gasteiger partial charge >= 0.3 is 0 Å². The molecule has 1 saturated heterocycles. The fraction of sp³-hybridized carbons (Fsp3) is 0.435. The predicted octanol–water partition coefficient (Wildman–Crippen LogP) is 3.46. The van der Waals surface area contributed by atoms with Crippen LogP contribution in [0.25, 0.3) is 0 Å². The number of methoxy groups -OCH3 is 1. The molecule has 156 valence electrons. The standard InChI is InChI=1S/C21H30N4OS.C2H2/c1-26-20-11-4-3-8-17(20)9-7-10-19(23)18(16-22)21(27)24-12-15-25-13-5-2-6-14-25;1-2/h3-4,8,10-11,24,27H,2,5-7,9,12-15,23H2,1H3;1-2H/b19-10-,21-18-;. The number of piperidine rings is 1. The number of nitrogens with two attached hydrogens (primary N) is 1. The molecule has 1 heterocycles. The molecule has 1 fully saturated rings. The van der Waals surface area contributed by atoms with E-state index < -0.39 is 0 Å². The summed E-state index contributed by atoms with van der Waals surface area (Å²) in [5, 5.41) is 13.2. The summed E-state index contributed by atoms with van der Waals surface area (Å²) < 4.78 is 5.36. The maximum Gasteiger partial charge on any atom is 0.122 e. The number of nitrogens with zero attached hydrogens (tertiary/aromatic N) is 2. The van der Waals surface area contributed by atoms with E-state index in [2.05, 4.69) is 41.8 Å². The van der Waals surface area contributed by atoms with Crippen molar-refractivity contribution in [2.75, 3.05) is 33.3 Å². The van der Waals surface area contributed by atoms with Gasteiger partial charge in [0.15, 0.2) is 0 Å². The second kappa shape index (κ2) is 14.5. The van der Waals surface area contributed by atoms with E-state index in [0.717, 1.165) is 50.3 Å². The summed E-state index contributed by atoms with van der Waals surface area (Å²) in [5.74, 6) is 0.870. The Kier molecular flexibility index (Phi) is 12.2. The number of nitriles is 1. The lowest BCUT2D eigenvalue weighted by molar-refractivity contribution is 0.231. The number of aryl methyl sites for hydroxylation is 1. The van der Waals surface area contributed by atoms with Crippen LogP contribution in [0.4, 0.5) is 0 Å². The fourth-order valence-electron chi connectivity index (χ4n) is 3.25. The highest BCUT2D eigenvalue weighted by molar-refractivity contribution is 7.84. The van der Waals surface area contributed by atoms with Gasteiger partial charge in [-0.3, -0.25) is 0 Å². The van der Waals surface area contributed by atoms with Crippen LogP contribution in [0.5, 0.6) is 5.75 Å². The molecule has 6 heteroatoms. The van der Waals surface area contributed by atoms with E-state index in [4.69, 9.17) is 10.5 Å². The third kappa shape index (κ3) is 8.56. The van der Waals surface area contributed by atoms with Crippen LogP contribution in [0.1, 0.15) is 31.2 Å². The number of likely N-dealkylation sites (tertiary alicyclic amines) is 1. The van der Waals surface area contributed by atoms with Crippen molar-refractivity contribution < 1.29 is 4.74 Å². The van der Waals surface area contributed by atoms with Crippen molar-refractivity contribution >= 4 is 12.6 Å². The molecule has 1 aromatic rings. The van der Waals surface area contributed by atoms with Crippen LogP contribution >= 0.6 is 12.6 Å². The lowest BCUT2D eigenvalue weighted by Gasteiger charge is -2.26. The van der Waals surface area contributed by atoms with Gasteiger partial charge in [-0.1, -0.05) is 30.7 Å². The Morgan fingerprint density at radius 1 is 1.31 bits per heavy atom. The van der Waals surface area contributed by atoms with Crippen molar-refractivity contribution in [1.82, 2.24) is 10.2 Å². The van der Waals surface area contributed by atoms with Crippen LogP contribution in [0.2, 0.25) is 0 Å². The first-order valence-electron chi connectivity index (χ1n) is 9.86. The van der Waals surface area contributed by atoms with E-state index in [9.17, 15) is 5.26 Å². The van der Waals surface area contributed by atoms with Gasteiger partial charge in [-0.15, -0.1) is 25.5 Å². The molecule has 0 unspecified atom stereocenters. The molecule has 0 aromatic heterocycles. The highest BCUT2D eigenvalue weighted by atomic mass is 32.1. The first kappa shape index (κ1) is 24.5. The zero-order chi connectivity index (χ0) is 21.5. The average molecular weight is 413 g/mol. The summed E-state index contributed by atoms with van der Waals surface area (Å²) in [4.78, 5) is 2.44. The number of hydrogen-bond acceptors (Lipinski definition) is 6. The van der Waals surface area contributed by atoms with Crippen LogP contribution in [-0.4, -0.2) is 38.2 Å². The van der Waals surface area contributed by atoms with Gasteiger partial charge in [-0.25, -0.2) is 0 Å². The maximum absolute atomic E-state index is 9.47. The van der Waals surface area contributed by atoms with Crippen LogP contribution in [0.15, 0.2) is 46.6 Å². The zero-order valence-corrected chi connectivity index (χ0v) is 18.1. The first-order valence-corrected chi connectivity index (χ1v) is 10.3. The maximum atomic E-state index is 9.47. The van der Waals surface area contributed by atoms with E-state index in [1.54, 1.807) is 7.11 Å². The Hall–Kier alpha value is -2.54. The fourth-order valence-corrected chi connectivity index (χ4v) is 3.54. The van der Waals surface area contributed by atoms with Gasteiger partial charge in [0.05, 0.1) is 12.1 Å². The first-order chi connectivity index (χ1) is 14.2. The summed E-state index contributed by atoms with van der Waals surface area (Å²) in [6.07, 6.45) is 15.3. The molecule has 0 saturated carbocycles. The summed E-state index contributed by atoms with van der Waals surface area (Å²) in [5.41, 5.74) is 8.11. The highest BCUT2D eigenvalue weighted by Gasteiger charge is 2.10. The number of thiol groups is 1. The van der Waals surface area contributed by atoms with E-state index in [-0.39, 0.29) is 0 Å².